The molecule has 0 bridgehead atoms. The highest BCUT2D eigenvalue weighted by Gasteiger charge is 2.26. The van der Waals surface area contributed by atoms with Crippen molar-refractivity contribution < 1.29 is 13.2 Å². The summed E-state index contributed by atoms with van der Waals surface area (Å²) in [5.41, 5.74) is 6.55. The van der Waals surface area contributed by atoms with E-state index in [-0.39, 0.29) is 12.5 Å². The first-order valence-electron chi connectivity index (χ1n) is 4.87. The highest BCUT2D eigenvalue weighted by molar-refractivity contribution is 5.10. The molecule has 0 aliphatic rings. The maximum Gasteiger partial charge on any atom is 0.389 e. The number of hydrogen-bond acceptors (Lipinski definition) is 1. The number of aromatic nitrogens is 1. The molecule has 1 atom stereocenters. The van der Waals surface area contributed by atoms with E-state index in [1.807, 2.05) is 13.0 Å². The van der Waals surface area contributed by atoms with Crippen molar-refractivity contribution in [3.8, 4) is 0 Å². The first-order valence-corrected chi connectivity index (χ1v) is 4.87. The molecule has 0 saturated carbocycles. The third-order valence-electron chi connectivity index (χ3n) is 2.19. The van der Waals surface area contributed by atoms with Crippen LogP contribution in [-0.4, -0.2) is 10.7 Å². The number of alkyl halides is 3. The van der Waals surface area contributed by atoms with Gasteiger partial charge < -0.3 is 10.3 Å². The Hall–Kier alpha value is -0.970. The van der Waals surface area contributed by atoms with Gasteiger partial charge in [0.15, 0.2) is 0 Å². The SMILES string of the molecule is CC(N)c1cccn1CCCC(F)(F)F. The van der Waals surface area contributed by atoms with Crippen LogP contribution in [0.15, 0.2) is 18.3 Å². The summed E-state index contributed by atoms with van der Waals surface area (Å²) in [5, 5.41) is 0. The molecule has 1 aromatic rings. The maximum absolute atomic E-state index is 11.9. The highest BCUT2D eigenvalue weighted by Crippen LogP contribution is 2.22. The number of nitrogens with two attached hydrogens (primary N) is 1. The molecule has 1 aromatic heterocycles. The van der Waals surface area contributed by atoms with Gasteiger partial charge in [-0.25, -0.2) is 0 Å². The molecule has 0 spiro atoms. The average molecular weight is 220 g/mol. The van der Waals surface area contributed by atoms with Crippen LogP contribution in [0.25, 0.3) is 0 Å². The van der Waals surface area contributed by atoms with Gasteiger partial charge in [0.05, 0.1) is 0 Å². The van der Waals surface area contributed by atoms with Crippen LogP contribution in [0.3, 0.4) is 0 Å². The quantitative estimate of drug-likeness (QED) is 0.831. The number of hydrogen-bond donors (Lipinski definition) is 1. The van der Waals surface area contributed by atoms with E-state index in [9.17, 15) is 13.2 Å². The van der Waals surface area contributed by atoms with Crippen molar-refractivity contribution in [1.29, 1.82) is 0 Å². The van der Waals surface area contributed by atoms with Crippen LogP contribution >= 0.6 is 0 Å². The van der Waals surface area contributed by atoms with E-state index in [2.05, 4.69) is 0 Å². The standard InChI is InChI=1S/C10H15F3N2/c1-8(14)9-4-2-6-15(9)7-3-5-10(11,12)13/h2,4,6,8H,3,5,7,14H2,1H3. The lowest BCUT2D eigenvalue weighted by Gasteiger charge is -2.12. The molecule has 2 nitrogen and oxygen atoms in total. The summed E-state index contributed by atoms with van der Waals surface area (Å²) < 4.78 is 37.5. The fourth-order valence-electron chi connectivity index (χ4n) is 1.49. The molecule has 15 heavy (non-hydrogen) atoms. The van der Waals surface area contributed by atoms with Gasteiger partial charge in [0, 0.05) is 30.9 Å². The molecule has 86 valence electrons. The van der Waals surface area contributed by atoms with Crippen molar-refractivity contribution >= 4 is 0 Å². The van der Waals surface area contributed by atoms with E-state index in [1.54, 1.807) is 16.8 Å². The van der Waals surface area contributed by atoms with E-state index < -0.39 is 12.6 Å². The fourth-order valence-corrected chi connectivity index (χ4v) is 1.49. The van der Waals surface area contributed by atoms with E-state index in [4.69, 9.17) is 5.73 Å². The molecular formula is C10H15F3N2. The second kappa shape index (κ2) is 4.70. The number of nitrogens with zero attached hydrogens (tertiary/aromatic N) is 1. The van der Waals surface area contributed by atoms with Gasteiger partial charge in [-0.05, 0) is 25.5 Å². The van der Waals surface area contributed by atoms with E-state index >= 15 is 0 Å². The van der Waals surface area contributed by atoms with Gasteiger partial charge in [-0.2, -0.15) is 13.2 Å². The van der Waals surface area contributed by atoms with E-state index in [0.717, 1.165) is 5.69 Å². The van der Waals surface area contributed by atoms with Gasteiger partial charge in [0.2, 0.25) is 0 Å². The zero-order chi connectivity index (χ0) is 11.5. The van der Waals surface area contributed by atoms with Crippen LogP contribution in [0.2, 0.25) is 0 Å². The Morgan fingerprint density at radius 2 is 2.13 bits per heavy atom. The Balaban J connectivity index is 2.47. The van der Waals surface area contributed by atoms with Gasteiger partial charge in [0.25, 0.3) is 0 Å². The predicted octanol–water partition coefficient (Wildman–Crippen LogP) is 2.85. The molecule has 0 aliphatic heterocycles. The van der Waals surface area contributed by atoms with Crippen LogP contribution in [0, 0.1) is 0 Å². The molecule has 0 radical (unpaired) electrons. The van der Waals surface area contributed by atoms with Crippen molar-refractivity contribution in [1.82, 2.24) is 4.57 Å². The van der Waals surface area contributed by atoms with Crippen molar-refractivity contribution in [2.75, 3.05) is 0 Å². The van der Waals surface area contributed by atoms with Crippen molar-refractivity contribution in [2.45, 2.75) is 38.5 Å². The molecule has 0 aliphatic carbocycles. The van der Waals surface area contributed by atoms with E-state index in [0.29, 0.717) is 6.54 Å². The van der Waals surface area contributed by atoms with Gasteiger partial charge in [-0.1, -0.05) is 0 Å². The molecule has 1 rings (SSSR count). The first kappa shape index (κ1) is 12.1. The Morgan fingerprint density at radius 3 is 2.67 bits per heavy atom. The van der Waals surface area contributed by atoms with E-state index in [1.165, 1.54) is 0 Å². The number of aryl methyl sites for hydroxylation is 1. The zero-order valence-electron chi connectivity index (χ0n) is 8.59. The molecule has 5 heteroatoms. The summed E-state index contributed by atoms with van der Waals surface area (Å²) in [6.07, 6.45) is -2.96. The van der Waals surface area contributed by atoms with Gasteiger partial charge in [0.1, 0.15) is 0 Å². The summed E-state index contributed by atoms with van der Waals surface area (Å²) in [7, 11) is 0. The monoisotopic (exact) mass is 220 g/mol. The maximum atomic E-state index is 11.9. The molecule has 0 aromatic carbocycles. The Bertz CT molecular complexity index is 302. The topological polar surface area (TPSA) is 30.9 Å². The number of rotatable bonds is 4. The van der Waals surface area contributed by atoms with Gasteiger partial charge in [-0.3, -0.25) is 0 Å². The van der Waals surface area contributed by atoms with Crippen LogP contribution in [0.4, 0.5) is 13.2 Å². The summed E-state index contributed by atoms with van der Waals surface area (Å²) in [6.45, 7) is 2.18. The molecule has 0 saturated heterocycles. The Morgan fingerprint density at radius 1 is 1.47 bits per heavy atom. The lowest BCUT2D eigenvalue weighted by atomic mass is 10.2. The average Bonchev–Trinajstić information content (AvgIpc) is 2.49. The number of halogens is 3. The second-order valence-corrected chi connectivity index (χ2v) is 3.63. The Kier molecular flexibility index (Phi) is 3.79. The smallest absolute Gasteiger partial charge is 0.350 e. The third-order valence-corrected chi connectivity index (χ3v) is 2.19. The summed E-state index contributed by atoms with van der Waals surface area (Å²) in [4.78, 5) is 0. The minimum atomic E-state index is -4.07. The second-order valence-electron chi connectivity index (χ2n) is 3.63. The lowest BCUT2D eigenvalue weighted by molar-refractivity contribution is -0.135. The van der Waals surface area contributed by atoms with Crippen LogP contribution < -0.4 is 5.73 Å². The summed E-state index contributed by atoms with van der Waals surface area (Å²) in [6, 6.07) is 3.48. The largest absolute Gasteiger partial charge is 0.389 e. The Labute approximate surface area is 86.9 Å². The van der Waals surface area contributed by atoms with Crippen molar-refractivity contribution in [3.05, 3.63) is 24.0 Å². The lowest BCUT2D eigenvalue weighted by Crippen LogP contribution is -2.14. The van der Waals surface area contributed by atoms with Gasteiger partial charge >= 0.3 is 6.18 Å². The zero-order valence-corrected chi connectivity index (χ0v) is 8.59. The molecule has 1 unspecified atom stereocenters. The molecule has 0 amide bonds. The third kappa shape index (κ3) is 3.95. The molecular weight excluding hydrogens is 205 g/mol. The van der Waals surface area contributed by atoms with Crippen LogP contribution in [0.5, 0.6) is 0 Å². The summed E-state index contributed by atoms with van der Waals surface area (Å²) in [5.74, 6) is 0. The van der Waals surface area contributed by atoms with Crippen molar-refractivity contribution in [2.24, 2.45) is 5.73 Å². The van der Waals surface area contributed by atoms with Crippen LogP contribution in [0.1, 0.15) is 31.5 Å². The summed E-state index contributed by atoms with van der Waals surface area (Å²) >= 11 is 0. The normalized spacial score (nSPS) is 14.2. The van der Waals surface area contributed by atoms with Gasteiger partial charge in [-0.15, -0.1) is 0 Å². The fraction of sp³-hybridized carbons (Fsp3) is 0.600. The predicted molar refractivity (Wildman–Crippen MR) is 52.3 cm³/mol. The molecule has 0 fully saturated rings. The minimum absolute atomic E-state index is 0.0951. The molecule has 1 heterocycles. The minimum Gasteiger partial charge on any atom is -0.350 e. The first-order chi connectivity index (χ1) is 6.90. The molecule has 2 N–H and O–H groups in total. The van der Waals surface area contributed by atoms with Crippen molar-refractivity contribution in [3.63, 3.8) is 0 Å². The van der Waals surface area contributed by atoms with Crippen LogP contribution in [-0.2, 0) is 6.54 Å². The highest BCUT2D eigenvalue weighted by atomic mass is 19.4.